The zero-order chi connectivity index (χ0) is 33.2. The molecule has 4 aromatic rings. The number of benzene rings is 2. The van der Waals surface area contributed by atoms with Gasteiger partial charge in [-0.25, -0.2) is 18.2 Å². The Bertz CT molecular complexity index is 1950. The van der Waals surface area contributed by atoms with Gasteiger partial charge in [-0.15, -0.1) is 6.42 Å². The molecule has 3 aliphatic heterocycles. The van der Waals surface area contributed by atoms with Gasteiger partial charge >= 0.3 is 6.01 Å². The highest BCUT2D eigenvalue weighted by atomic mass is 19.1. The Kier molecular flexibility index (Phi) is 7.84. The second kappa shape index (κ2) is 12.1. The molecule has 1 saturated carbocycles. The molecule has 2 atom stereocenters. The lowest BCUT2D eigenvalue weighted by molar-refractivity contribution is 0.107. The smallest absolute Gasteiger partial charge is 0.319 e. The van der Waals surface area contributed by atoms with E-state index in [4.69, 9.17) is 26.1 Å². The summed E-state index contributed by atoms with van der Waals surface area (Å²) >= 11 is 0. The lowest BCUT2D eigenvalue weighted by Gasteiger charge is -2.42. The van der Waals surface area contributed by atoms with Crippen LogP contribution in [0.4, 0.5) is 19.0 Å². The van der Waals surface area contributed by atoms with Crippen LogP contribution in [-0.4, -0.2) is 82.5 Å². The van der Waals surface area contributed by atoms with Crippen molar-refractivity contribution in [3.63, 3.8) is 0 Å². The van der Waals surface area contributed by atoms with Crippen molar-refractivity contribution in [1.82, 2.24) is 25.2 Å². The van der Waals surface area contributed by atoms with Gasteiger partial charge in [0.05, 0.1) is 23.3 Å². The molecule has 0 amide bonds. The summed E-state index contributed by atoms with van der Waals surface area (Å²) in [5.74, 6) is 1.58. The number of nitrogens with one attached hydrogen (secondary N) is 1. The van der Waals surface area contributed by atoms with Gasteiger partial charge in [0.2, 0.25) is 0 Å². The lowest BCUT2D eigenvalue weighted by Crippen LogP contribution is -2.58. The Labute approximate surface area is 277 Å². The van der Waals surface area contributed by atoms with Gasteiger partial charge in [0.1, 0.15) is 34.8 Å². The maximum Gasteiger partial charge on any atom is 0.319 e. The molecular weight excluding hydrogens is 617 g/mol. The number of nitrogens with zero attached hydrogens (tertiary/aromatic N) is 5. The lowest BCUT2D eigenvalue weighted by atomic mass is 9.95. The topological polar surface area (TPSA) is 86.6 Å². The highest BCUT2D eigenvalue weighted by Gasteiger charge is 2.46. The molecule has 1 aliphatic carbocycles. The van der Waals surface area contributed by atoms with Crippen molar-refractivity contribution in [2.45, 2.75) is 70.1 Å². The zero-order valence-corrected chi connectivity index (χ0v) is 27.0. The fraction of sp³-hybridized carbons (Fsp3) is 0.486. The van der Waals surface area contributed by atoms with Crippen molar-refractivity contribution < 1.29 is 23.0 Å². The number of aromatic nitrogens is 3. The van der Waals surface area contributed by atoms with Gasteiger partial charge in [0.15, 0.2) is 5.82 Å². The van der Waals surface area contributed by atoms with Gasteiger partial charge in [0.25, 0.3) is 0 Å². The number of likely N-dealkylation sites (tertiary alicyclic amines) is 1. The maximum absolute atomic E-state index is 17.1. The largest absolute Gasteiger partial charge is 0.508 e. The first kappa shape index (κ1) is 31.1. The zero-order valence-electron chi connectivity index (χ0n) is 27.0. The van der Waals surface area contributed by atoms with E-state index < -0.39 is 17.8 Å². The molecule has 48 heavy (non-hydrogen) atoms. The number of piperidine rings is 1. The minimum absolute atomic E-state index is 0.0264. The molecule has 3 fully saturated rings. The Morgan fingerprint density at radius 3 is 2.65 bits per heavy atom. The summed E-state index contributed by atoms with van der Waals surface area (Å²) < 4.78 is 52.2. The van der Waals surface area contributed by atoms with E-state index in [0.29, 0.717) is 60.1 Å². The maximum atomic E-state index is 17.1. The molecule has 0 bridgehead atoms. The molecule has 2 N–H and O–H groups in total. The number of fused-ring (bicyclic) bond motifs is 3. The number of anilines is 1. The summed E-state index contributed by atoms with van der Waals surface area (Å²) in [6, 6.07) is 6.02. The first-order chi connectivity index (χ1) is 23.3. The van der Waals surface area contributed by atoms with Crippen LogP contribution in [0.15, 0.2) is 24.3 Å². The monoisotopic (exact) mass is 656 g/mol. The molecule has 4 aliphatic rings. The number of rotatable bonds is 7. The van der Waals surface area contributed by atoms with E-state index in [9.17, 15) is 13.9 Å². The molecule has 8 nitrogen and oxygen atoms in total. The van der Waals surface area contributed by atoms with Crippen molar-refractivity contribution >= 4 is 27.5 Å². The number of alkyl halides is 1. The number of aromatic hydroxyl groups is 1. The molecule has 2 aromatic carbocycles. The average molecular weight is 657 g/mol. The normalized spacial score (nSPS) is 22.4. The predicted molar refractivity (Wildman–Crippen MR) is 179 cm³/mol. The fourth-order valence-electron chi connectivity index (χ4n) is 8.08. The standard InChI is InChI=1S/C37H39F3N6O2/c1-3-24-26(39)6-5-21-17-23(47)18-25(30(21)24)33-32(40)34-31-28(42-33)7-8-29-27(4-2)41-13-16-46(29)35(31)44-36(43-34)48-20-37(11-12-37)19-45-14-9-22(38)10-15-45/h1,5-6,17-18,22,27,29,41,47H,4,7-16,19-20H2,2H3/t27-,29+/m0/s1. The van der Waals surface area contributed by atoms with Gasteiger partial charge in [-0.2, -0.15) is 9.97 Å². The molecule has 11 heteroatoms. The summed E-state index contributed by atoms with van der Waals surface area (Å²) in [5, 5.41) is 15.6. The number of ether oxygens (including phenoxy) is 1. The van der Waals surface area contributed by atoms with Crippen LogP contribution in [-0.2, 0) is 6.42 Å². The Balaban J connectivity index is 1.26. The summed E-state index contributed by atoms with van der Waals surface area (Å²) in [5.41, 5.74) is 0.756. The van der Waals surface area contributed by atoms with Gasteiger partial charge in [-0.1, -0.05) is 18.9 Å². The number of halogens is 3. The molecule has 8 rings (SSSR count). The number of hydrogen-bond donors (Lipinski definition) is 2. The summed E-state index contributed by atoms with van der Waals surface area (Å²) in [4.78, 5) is 19.1. The molecule has 2 saturated heterocycles. The third-order valence-corrected chi connectivity index (χ3v) is 10.8. The van der Waals surface area contributed by atoms with Crippen LogP contribution in [0.5, 0.6) is 11.8 Å². The number of hydrogen-bond acceptors (Lipinski definition) is 8. The Morgan fingerprint density at radius 2 is 1.90 bits per heavy atom. The highest BCUT2D eigenvalue weighted by molar-refractivity contribution is 6.03. The van der Waals surface area contributed by atoms with Crippen LogP contribution in [0.1, 0.15) is 56.7 Å². The number of phenolic OH excluding ortho intramolecular Hbond substituents is 1. The quantitative estimate of drug-likeness (QED) is 0.238. The van der Waals surface area contributed by atoms with Crippen molar-refractivity contribution in [3.8, 4) is 35.4 Å². The van der Waals surface area contributed by atoms with Gasteiger partial charge in [-0.3, -0.25) is 0 Å². The van der Waals surface area contributed by atoms with Crippen LogP contribution in [0.25, 0.3) is 32.9 Å². The van der Waals surface area contributed by atoms with Crippen LogP contribution < -0.4 is 15.0 Å². The minimum atomic E-state index is -0.727. The van der Waals surface area contributed by atoms with Crippen LogP contribution in [0.2, 0.25) is 0 Å². The van der Waals surface area contributed by atoms with Gasteiger partial charge < -0.3 is 25.0 Å². The van der Waals surface area contributed by atoms with E-state index in [-0.39, 0.29) is 51.6 Å². The first-order valence-corrected chi connectivity index (χ1v) is 17.1. The van der Waals surface area contributed by atoms with Gasteiger partial charge in [-0.05, 0) is 68.5 Å². The second-order valence-electron chi connectivity index (χ2n) is 13.9. The molecule has 2 aromatic heterocycles. The van der Waals surface area contributed by atoms with Crippen molar-refractivity contribution in [2.24, 2.45) is 5.41 Å². The number of pyridine rings is 1. The van der Waals surface area contributed by atoms with E-state index in [2.05, 4.69) is 28.0 Å². The van der Waals surface area contributed by atoms with Crippen LogP contribution in [0.3, 0.4) is 0 Å². The van der Waals surface area contributed by atoms with Gasteiger partial charge in [0, 0.05) is 61.2 Å². The summed E-state index contributed by atoms with van der Waals surface area (Å²) in [7, 11) is 0. The number of terminal acetylenes is 1. The Morgan fingerprint density at radius 1 is 1.08 bits per heavy atom. The highest BCUT2D eigenvalue weighted by Crippen LogP contribution is 2.47. The second-order valence-corrected chi connectivity index (χ2v) is 13.9. The number of phenols is 1. The summed E-state index contributed by atoms with van der Waals surface area (Å²) in [6.07, 6.45) is 10.3. The molecule has 0 unspecified atom stereocenters. The molecule has 250 valence electrons. The van der Waals surface area contributed by atoms with E-state index in [1.165, 1.54) is 24.3 Å². The average Bonchev–Trinajstić information content (AvgIpc) is 3.88. The van der Waals surface area contributed by atoms with Crippen molar-refractivity contribution in [1.29, 1.82) is 0 Å². The minimum Gasteiger partial charge on any atom is -0.508 e. The van der Waals surface area contributed by atoms with Crippen LogP contribution >= 0.6 is 0 Å². The van der Waals surface area contributed by atoms with E-state index in [0.717, 1.165) is 51.9 Å². The molecule has 5 heterocycles. The third kappa shape index (κ3) is 5.39. The SMILES string of the molecule is C#Cc1c(F)ccc2cc(O)cc(-c3nc4c5c(nc(OCC6(CN7CCC(F)CC7)CC6)nc5c3F)N3CCN[C@@H](CC)[C@H]3CC4)c12. The van der Waals surface area contributed by atoms with E-state index >= 15 is 4.39 Å². The molecule has 0 radical (unpaired) electrons. The van der Waals surface area contributed by atoms with E-state index in [1.54, 1.807) is 0 Å². The van der Waals surface area contributed by atoms with Crippen molar-refractivity contribution in [3.05, 3.63) is 47.2 Å². The predicted octanol–water partition coefficient (Wildman–Crippen LogP) is 5.91. The summed E-state index contributed by atoms with van der Waals surface area (Å²) in [6.45, 7) is 6.27. The molecule has 0 spiro atoms. The van der Waals surface area contributed by atoms with E-state index in [1.807, 2.05) is 0 Å². The van der Waals surface area contributed by atoms with Crippen LogP contribution in [0, 0.1) is 29.4 Å². The Hall–Kier alpha value is -4.14. The molecular formula is C37H39F3N6O2. The first-order valence-electron chi connectivity index (χ1n) is 17.1. The number of aryl methyl sites for hydroxylation is 1. The third-order valence-electron chi connectivity index (χ3n) is 10.8. The van der Waals surface area contributed by atoms with Crippen molar-refractivity contribution in [2.75, 3.05) is 44.2 Å². The number of piperazine rings is 1. The fourth-order valence-corrected chi connectivity index (χ4v) is 8.08.